The van der Waals surface area contributed by atoms with Gasteiger partial charge >= 0.3 is 0 Å². The predicted octanol–water partition coefficient (Wildman–Crippen LogP) is 0.576. The summed E-state index contributed by atoms with van der Waals surface area (Å²) < 4.78 is 0. The molecular weight excluding hydrogens is 190 g/mol. The van der Waals surface area contributed by atoms with Gasteiger partial charge in [0.15, 0.2) is 0 Å². The van der Waals surface area contributed by atoms with Crippen LogP contribution in [-0.4, -0.2) is 28.9 Å². The van der Waals surface area contributed by atoms with Crippen LogP contribution in [0, 0.1) is 6.07 Å². The van der Waals surface area contributed by atoms with Gasteiger partial charge in [0, 0.05) is 12.6 Å². The Morgan fingerprint density at radius 2 is 2.27 bits per heavy atom. The molecule has 0 spiro atoms. The number of hydrogen-bond donors (Lipinski definition) is 1. The van der Waals surface area contributed by atoms with Gasteiger partial charge in [-0.3, -0.25) is 9.69 Å². The van der Waals surface area contributed by atoms with E-state index < -0.39 is 5.91 Å². The summed E-state index contributed by atoms with van der Waals surface area (Å²) in [6.07, 6.45) is 2.50. The molecule has 1 saturated heterocycles. The van der Waals surface area contributed by atoms with Gasteiger partial charge in [-0.05, 0) is 32.0 Å². The van der Waals surface area contributed by atoms with E-state index in [1.807, 2.05) is 6.07 Å². The average molecular weight is 204 g/mol. The Bertz CT molecular complexity index is 359. The summed E-state index contributed by atoms with van der Waals surface area (Å²) in [5.74, 6) is -0.515. The minimum absolute atomic E-state index is 0.228. The van der Waals surface area contributed by atoms with Crippen LogP contribution in [0.4, 0.5) is 0 Å². The molecule has 1 amide bonds. The highest BCUT2D eigenvalue weighted by molar-refractivity contribution is 5.90. The first-order valence-electron chi connectivity index (χ1n) is 5.15. The van der Waals surface area contributed by atoms with Crippen LogP contribution in [0.25, 0.3) is 0 Å². The maximum absolute atomic E-state index is 10.9. The van der Waals surface area contributed by atoms with E-state index in [1.54, 1.807) is 6.07 Å². The molecule has 2 heterocycles. The fraction of sp³-hybridized carbons (Fsp3) is 0.455. The Labute approximate surface area is 89.1 Å². The molecule has 0 saturated carbocycles. The maximum atomic E-state index is 10.9. The van der Waals surface area contributed by atoms with Gasteiger partial charge in [-0.25, -0.2) is 4.98 Å². The lowest BCUT2D eigenvalue weighted by molar-refractivity contribution is 0.0995. The van der Waals surface area contributed by atoms with E-state index in [2.05, 4.69) is 16.0 Å². The second-order valence-electron chi connectivity index (χ2n) is 3.78. The molecule has 0 unspecified atom stereocenters. The number of carbonyl (C=O) groups excluding carboxylic acids is 1. The van der Waals surface area contributed by atoms with Crippen molar-refractivity contribution in [2.24, 2.45) is 5.73 Å². The van der Waals surface area contributed by atoms with Gasteiger partial charge in [0.25, 0.3) is 5.91 Å². The predicted molar refractivity (Wildman–Crippen MR) is 56.1 cm³/mol. The number of nitrogens with zero attached hydrogens (tertiary/aromatic N) is 2. The summed E-state index contributed by atoms with van der Waals surface area (Å²) in [5.41, 5.74) is 6.27. The summed E-state index contributed by atoms with van der Waals surface area (Å²) in [4.78, 5) is 17.4. The molecule has 2 N–H and O–H groups in total. The largest absolute Gasteiger partial charge is 0.364 e. The molecule has 2 rings (SSSR count). The molecule has 1 aromatic rings. The van der Waals surface area contributed by atoms with Crippen LogP contribution in [0.3, 0.4) is 0 Å². The highest BCUT2D eigenvalue weighted by atomic mass is 16.1. The van der Waals surface area contributed by atoms with Gasteiger partial charge in [-0.1, -0.05) is 6.07 Å². The van der Waals surface area contributed by atoms with Crippen molar-refractivity contribution in [1.82, 2.24) is 9.88 Å². The number of rotatable bonds is 3. The lowest BCUT2D eigenvalue weighted by atomic mass is 10.3. The first-order chi connectivity index (χ1) is 7.25. The number of carbonyl (C=O) groups is 1. The number of primary amides is 1. The molecule has 15 heavy (non-hydrogen) atoms. The summed E-state index contributed by atoms with van der Waals surface area (Å²) in [6, 6.07) is 6.32. The van der Waals surface area contributed by atoms with Crippen LogP contribution in [-0.2, 0) is 6.54 Å². The Morgan fingerprint density at radius 3 is 2.93 bits per heavy atom. The fourth-order valence-electron chi connectivity index (χ4n) is 1.81. The molecule has 0 aromatic carbocycles. The number of amides is 1. The maximum Gasteiger partial charge on any atom is 0.267 e. The minimum atomic E-state index is -0.515. The van der Waals surface area contributed by atoms with Gasteiger partial charge in [0.05, 0.1) is 5.69 Å². The normalized spacial score (nSPS) is 16.8. The highest BCUT2D eigenvalue weighted by Crippen LogP contribution is 2.11. The zero-order valence-corrected chi connectivity index (χ0v) is 8.57. The van der Waals surface area contributed by atoms with Crippen LogP contribution in [0.1, 0.15) is 29.0 Å². The van der Waals surface area contributed by atoms with Gasteiger partial charge in [0.1, 0.15) is 5.69 Å². The lowest BCUT2D eigenvalue weighted by Crippen LogP contribution is -2.20. The van der Waals surface area contributed by atoms with Gasteiger partial charge in [0.2, 0.25) is 0 Å². The lowest BCUT2D eigenvalue weighted by Gasteiger charge is -2.13. The standard InChI is InChI=1S/C11H14N3O/c12-11(15)10-5-3-4-9(13-10)8-14-6-1-2-7-14/h3-4H,1-2,6-8H2,(H2,12,15). The van der Waals surface area contributed by atoms with Crippen molar-refractivity contribution in [3.8, 4) is 0 Å². The molecule has 79 valence electrons. The second kappa shape index (κ2) is 4.40. The molecule has 1 aliphatic heterocycles. The Balaban J connectivity index is 2.07. The third-order valence-corrected chi connectivity index (χ3v) is 2.57. The first kappa shape index (κ1) is 10.1. The molecule has 0 aliphatic carbocycles. The molecule has 4 nitrogen and oxygen atoms in total. The zero-order valence-electron chi connectivity index (χ0n) is 8.57. The first-order valence-corrected chi connectivity index (χ1v) is 5.15. The summed E-state index contributed by atoms with van der Waals surface area (Å²) in [5, 5.41) is 0. The van der Waals surface area contributed by atoms with Crippen molar-refractivity contribution in [2.75, 3.05) is 13.1 Å². The van der Waals surface area contributed by atoms with E-state index in [4.69, 9.17) is 5.73 Å². The third kappa shape index (κ3) is 2.53. The smallest absolute Gasteiger partial charge is 0.267 e. The van der Waals surface area contributed by atoms with E-state index in [1.165, 1.54) is 12.8 Å². The second-order valence-corrected chi connectivity index (χ2v) is 3.78. The molecule has 1 fully saturated rings. The van der Waals surface area contributed by atoms with Gasteiger partial charge < -0.3 is 5.73 Å². The highest BCUT2D eigenvalue weighted by Gasteiger charge is 2.13. The Hall–Kier alpha value is -1.42. The van der Waals surface area contributed by atoms with Crippen LogP contribution in [0.15, 0.2) is 12.1 Å². The van der Waals surface area contributed by atoms with E-state index in [9.17, 15) is 4.79 Å². The molecule has 1 aliphatic rings. The summed E-state index contributed by atoms with van der Waals surface area (Å²) in [6.45, 7) is 3.04. The van der Waals surface area contributed by atoms with E-state index in [-0.39, 0.29) is 5.69 Å². The van der Waals surface area contributed by atoms with Crippen molar-refractivity contribution in [3.63, 3.8) is 0 Å². The van der Waals surface area contributed by atoms with Crippen molar-refractivity contribution >= 4 is 5.91 Å². The molecule has 4 heteroatoms. The van der Waals surface area contributed by atoms with E-state index in [0.29, 0.717) is 0 Å². The number of likely N-dealkylation sites (tertiary alicyclic amines) is 1. The monoisotopic (exact) mass is 204 g/mol. The van der Waals surface area contributed by atoms with Crippen molar-refractivity contribution in [2.45, 2.75) is 19.4 Å². The minimum Gasteiger partial charge on any atom is -0.364 e. The number of aromatic nitrogens is 1. The summed E-state index contributed by atoms with van der Waals surface area (Å²) in [7, 11) is 0. The van der Waals surface area contributed by atoms with Crippen LogP contribution >= 0.6 is 0 Å². The number of hydrogen-bond acceptors (Lipinski definition) is 3. The zero-order chi connectivity index (χ0) is 10.7. The van der Waals surface area contributed by atoms with Gasteiger partial charge in [-0.15, -0.1) is 0 Å². The van der Waals surface area contributed by atoms with E-state index >= 15 is 0 Å². The SMILES string of the molecule is NC(=O)c1[c]ccc(CN2CCCC2)n1. The fourth-order valence-corrected chi connectivity index (χ4v) is 1.81. The van der Waals surface area contributed by atoms with Crippen molar-refractivity contribution < 1.29 is 4.79 Å². The summed E-state index contributed by atoms with van der Waals surface area (Å²) >= 11 is 0. The topological polar surface area (TPSA) is 59.2 Å². The van der Waals surface area contributed by atoms with Crippen LogP contribution in [0.5, 0.6) is 0 Å². The molecule has 1 aromatic heterocycles. The Kier molecular flexibility index (Phi) is 2.97. The van der Waals surface area contributed by atoms with Crippen LogP contribution < -0.4 is 5.73 Å². The average Bonchev–Trinajstić information content (AvgIpc) is 2.71. The quantitative estimate of drug-likeness (QED) is 0.783. The van der Waals surface area contributed by atoms with Crippen LogP contribution in [0.2, 0.25) is 0 Å². The number of nitrogens with two attached hydrogens (primary N) is 1. The number of pyridine rings is 1. The van der Waals surface area contributed by atoms with E-state index in [0.717, 1.165) is 25.3 Å². The van der Waals surface area contributed by atoms with Crippen molar-refractivity contribution in [1.29, 1.82) is 0 Å². The Morgan fingerprint density at radius 1 is 1.53 bits per heavy atom. The molecular formula is C11H14N3O. The van der Waals surface area contributed by atoms with Crippen molar-refractivity contribution in [3.05, 3.63) is 29.6 Å². The third-order valence-electron chi connectivity index (χ3n) is 2.57. The molecule has 1 radical (unpaired) electrons. The van der Waals surface area contributed by atoms with Gasteiger partial charge in [-0.2, -0.15) is 0 Å². The molecule has 0 atom stereocenters. The molecule has 0 bridgehead atoms.